The van der Waals surface area contributed by atoms with E-state index in [1.165, 1.54) is 0 Å². The summed E-state index contributed by atoms with van der Waals surface area (Å²) in [6, 6.07) is -0.154. The van der Waals surface area contributed by atoms with Gasteiger partial charge in [-0.2, -0.15) is 12.6 Å². The van der Waals surface area contributed by atoms with Crippen LogP contribution in [0.5, 0.6) is 0 Å². The molecule has 0 aromatic carbocycles. The molecule has 0 aliphatic carbocycles. The molecule has 3 heteroatoms. The average molecular weight is 217 g/mol. The van der Waals surface area contributed by atoms with E-state index < -0.39 is 0 Å². The van der Waals surface area contributed by atoms with Crippen LogP contribution in [0.4, 0.5) is 0 Å². The van der Waals surface area contributed by atoms with Crippen LogP contribution >= 0.6 is 12.6 Å². The lowest BCUT2D eigenvalue weighted by Gasteiger charge is -2.30. The third-order valence-corrected chi connectivity index (χ3v) is 2.21. The molecule has 0 aliphatic rings. The standard InChI is InChI=1S/C11H23NOS/c1-10(2,3)9(13)8(7-14)12-11(4,5)6/h8,12,14H,7H2,1-6H3/t8-/m0/s1. The molecular formula is C11H23NOS. The van der Waals surface area contributed by atoms with Gasteiger partial charge in [-0.05, 0) is 20.8 Å². The third kappa shape index (κ3) is 5.01. The molecule has 1 N–H and O–H groups in total. The van der Waals surface area contributed by atoms with Crippen molar-refractivity contribution >= 4 is 18.4 Å². The fourth-order valence-electron chi connectivity index (χ4n) is 1.24. The Morgan fingerprint density at radius 3 is 1.86 bits per heavy atom. The average Bonchev–Trinajstić information content (AvgIpc) is 1.95. The van der Waals surface area contributed by atoms with E-state index in [1.54, 1.807) is 0 Å². The second-order valence-corrected chi connectivity index (χ2v) is 6.11. The number of carbonyl (C=O) groups is 1. The van der Waals surface area contributed by atoms with Crippen LogP contribution in [0.3, 0.4) is 0 Å². The van der Waals surface area contributed by atoms with Crippen LogP contribution in [0.2, 0.25) is 0 Å². The highest BCUT2D eigenvalue weighted by molar-refractivity contribution is 7.80. The predicted molar refractivity (Wildman–Crippen MR) is 65.0 cm³/mol. The van der Waals surface area contributed by atoms with Crippen LogP contribution in [-0.4, -0.2) is 23.1 Å². The zero-order valence-corrected chi connectivity index (χ0v) is 11.0. The smallest absolute Gasteiger partial charge is 0.155 e. The number of hydrogen-bond acceptors (Lipinski definition) is 3. The molecule has 0 amide bonds. The SMILES string of the molecule is CC(C)(C)N[C@@H](CS)C(=O)C(C)(C)C. The van der Waals surface area contributed by atoms with Crippen molar-refractivity contribution in [2.45, 2.75) is 53.1 Å². The first-order valence-electron chi connectivity index (χ1n) is 5.01. The number of ketones is 1. The van der Waals surface area contributed by atoms with Crippen LogP contribution < -0.4 is 5.32 Å². The zero-order valence-electron chi connectivity index (χ0n) is 10.1. The van der Waals surface area contributed by atoms with Crippen LogP contribution in [-0.2, 0) is 4.79 Å². The van der Waals surface area contributed by atoms with Crippen molar-refractivity contribution < 1.29 is 4.79 Å². The van der Waals surface area contributed by atoms with Gasteiger partial charge in [-0.3, -0.25) is 4.79 Å². The summed E-state index contributed by atoms with van der Waals surface area (Å²) >= 11 is 4.22. The minimum atomic E-state index is -0.300. The number of nitrogens with one attached hydrogen (secondary N) is 1. The predicted octanol–water partition coefficient (Wildman–Crippen LogP) is 2.29. The molecule has 2 nitrogen and oxygen atoms in total. The molecule has 0 aromatic heterocycles. The summed E-state index contributed by atoms with van der Waals surface area (Å²) in [7, 11) is 0. The molecule has 84 valence electrons. The largest absolute Gasteiger partial charge is 0.302 e. The molecule has 0 fully saturated rings. The molecule has 0 bridgehead atoms. The molecule has 0 unspecified atom stereocenters. The molecule has 0 aromatic rings. The lowest BCUT2D eigenvalue weighted by molar-refractivity contribution is -0.128. The van der Waals surface area contributed by atoms with E-state index in [9.17, 15) is 4.79 Å². The Morgan fingerprint density at radius 1 is 1.21 bits per heavy atom. The van der Waals surface area contributed by atoms with Gasteiger partial charge >= 0.3 is 0 Å². The Bertz CT molecular complexity index is 200. The molecule has 0 saturated heterocycles. The van der Waals surface area contributed by atoms with E-state index in [1.807, 2.05) is 20.8 Å². The van der Waals surface area contributed by atoms with E-state index in [0.29, 0.717) is 5.75 Å². The van der Waals surface area contributed by atoms with Crippen molar-refractivity contribution in [1.82, 2.24) is 5.32 Å². The quantitative estimate of drug-likeness (QED) is 0.710. The van der Waals surface area contributed by atoms with Crippen molar-refractivity contribution in [3.05, 3.63) is 0 Å². The second kappa shape index (κ2) is 4.67. The molecular weight excluding hydrogens is 194 g/mol. The van der Waals surface area contributed by atoms with Gasteiger partial charge in [-0.25, -0.2) is 0 Å². The Hall–Kier alpha value is -0.0200. The molecule has 0 heterocycles. The van der Waals surface area contributed by atoms with Crippen LogP contribution in [0.1, 0.15) is 41.5 Å². The van der Waals surface area contributed by atoms with Crippen LogP contribution in [0.25, 0.3) is 0 Å². The maximum atomic E-state index is 12.0. The van der Waals surface area contributed by atoms with Crippen LogP contribution in [0.15, 0.2) is 0 Å². The fourth-order valence-corrected chi connectivity index (χ4v) is 1.50. The maximum absolute atomic E-state index is 12.0. The van der Waals surface area contributed by atoms with E-state index in [4.69, 9.17) is 0 Å². The van der Waals surface area contributed by atoms with Crippen LogP contribution in [0, 0.1) is 5.41 Å². The summed E-state index contributed by atoms with van der Waals surface area (Å²) in [5, 5.41) is 3.29. The van der Waals surface area contributed by atoms with Gasteiger partial charge in [0.25, 0.3) is 0 Å². The van der Waals surface area contributed by atoms with Crippen molar-refractivity contribution in [1.29, 1.82) is 0 Å². The van der Waals surface area contributed by atoms with Crippen molar-refractivity contribution in [2.75, 3.05) is 5.75 Å². The Morgan fingerprint density at radius 2 is 1.64 bits per heavy atom. The van der Waals surface area contributed by atoms with Gasteiger partial charge in [0.05, 0.1) is 6.04 Å². The minimum Gasteiger partial charge on any atom is -0.302 e. The zero-order chi connectivity index (χ0) is 11.6. The summed E-state index contributed by atoms with van der Waals surface area (Å²) < 4.78 is 0. The number of rotatable bonds is 3. The topological polar surface area (TPSA) is 29.1 Å². The molecule has 0 rings (SSSR count). The van der Waals surface area contributed by atoms with Gasteiger partial charge in [0.1, 0.15) is 0 Å². The normalized spacial score (nSPS) is 15.4. The number of Topliss-reactive ketones (excluding diaryl/α,β-unsaturated/α-hetero) is 1. The summed E-state index contributed by atoms with van der Waals surface area (Å²) in [5.41, 5.74) is -0.347. The van der Waals surface area contributed by atoms with Gasteiger partial charge in [0.2, 0.25) is 0 Å². The summed E-state index contributed by atoms with van der Waals surface area (Å²) in [4.78, 5) is 12.0. The fraction of sp³-hybridized carbons (Fsp3) is 0.909. The Balaban J connectivity index is 4.51. The van der Waals surface area contributed by atoms with E-state index >= 15 is 0 Å². The van der Waals surface area contributed by atoms with Gasteiger partial charge in [-0.15, -0.1) is 0 Å². The van der Waals surface area contributed by atoms with Crippen molar-refractivity contribution in [2.24, 2.45) is 5.41 Å². The van der Waals surface area contributed by atoms with Gasteiger partial charge in [0, 0.05) is 16.7 Å². The highest BCUT2D eigenvalue weighted by atomic mass is 32.1. The number of carbonyl (C=O) groups excluding carboxylic acids is 1. The van der Waals surface area contributed by atoms with Crippen molar-refractivity contribution in [3.8, 4) is 0 Å². The second-order valence-electron chi connectivity index (χ2n) is 5.74. The Labute approximate surface area is 93.3 Å². The Kier molecular flexibility index (Phi) is 4.66. The summed E-state index contributed by atoms with van der Waals surface area (Å²) in [5.74, 6) is 0.773. The van der Waals surface area contributed by atoms with Crippen molar-refractivity contribution in [3.63, 3.8) is 0 Å². The molecule has 0 saturated carbocycles. The number of hydrogen-bond donors (Lipinski definition) is 2. The number of thiol groups is 1. The lowest BCUT2D eigenvalue weighted by atomic mass is 9.86. The highest BCUT2D eigenvalue weighted by Crippen LogP contribution is 2.18. The molecule has 0 spiro atoms. The third-order valence-electron chi connectivity index (χ3n) is 1.85. The van der Waals surface area contributed by atoms with E-state index in [2.05, 4.69) is 38.7 Å². The first-order valence-corrected chi connectivity index (χ1v) is 5.64. The summed E-state index contributed by atoms with van der Waals surface area (Å²) in [6.07, 6.45) is 0. The minimum absolute atomic E-state index is 0.0473. The first kappa shape index (κ1) is 14.0. The van der Waals surface area contributed by atoms with E-state index in [-0.39, 0.29) is 22.8 Å². The van der Waals surface area contributed by atoms with E-state index in [0.717, 1.165) is 0 Å². The lowest BCUT2D eigenvalue weighted by Crippen LogP contribution is -2.51. The highest BCUT2D eigenvalue weighted by Gasteiger charge is 2.30. The maximum Gasteiger partial charge on any atom is 0.155 e. The van der Waals surface area contributed by atoms with Gasteiger partial charge in [0.15, 0.2) is 5.78 Å². The molecule has 1 atom stereocenters. The molecule has 0 aliphatic heterocycles. The van der Waals surface area contributed by atoms with Gasteiger partial charge in [-0.1, -0.05) is 20.8 Å². The van der Waals surface area contributed by atoms with Gasteiger partial charge < -0.3 is 5.32 Å². The molecule has 14 heavy (non-hydrogen) atoms. The summed E-state index contributed by atoms with van der Waals surface area (Å²) in [6.45, 7) is 12.0. The monoisotopic (exact) mass is 217 g/mol. The molecule has 0 radical (unpaired) electrons. The first-order chi connectivity index (χ1) is 6.08.